The first kappa shape index (κ1) is 29.5. The molecule has 11 nitrogen and oxygen atoms in total. The fraction of sp³-hybridized carbons (Fsp3) is 0.609. The Balaban J connectivity index is 1.72. The summed E-state index contributed by atoms with van der Waals surface area (Å²) in [5, 5.41) is 14.5. The van der Waals surface area contributed by atoms with Crippen molar-refractivity contribution in [1.82, 2.24) is 36.1 Å². The zero-order valence-corrected chi connectivity index (χ0v) is 23.1. The molecule has 0 fully saturated rings. The monoisotopic (exact) mass is 539 g/mol. The summed E-state index contributed by atoms with van der Waals surface area (Å²) in [6.45, 7) is 6.76. The number of aryl methyl sites for hydroxylation is 1. The molecule has 0 spiro atoms. The van der Waals surface area contributed by atoms with E-state index in [4.69, 9.17) is 4.74 Å². The molecule has 0 bridgehead atoms. The third-order valence-electron chi connectivity index (χ3n) is 5.31. The zero-order chi connectivity index (χ0) is 26.5. The van der Waals surface area contributed by atoms with Crippen LogP contribution >= 0.6 is 22.7 Å². The SMILES string of the molecule is CCc1nc(CN(C)C(=O)N[C@H](C(=O)NCCC[C@H](NC)NC(=O)OCc2cncs2)C(C)C)cs1. The Morgan fingerprint density at radius 1 is 1.19 bits per heavy atom. The lowest BCUT2D eigenvalue weighted by Gasteiger charge is -2.25. The fourth-order valence-electron chi connectivity index (χ4n) is 3.23. The first-order valence-electron chi connectivity index (χ1n) is 11.9. The average molecular weight is 540 g/mol. The molecule has 0 radical (unpaired) electrons. The van der Waals surface area contributed by atoms with Crippen LogP contribution < -0.4 is 21.3 Å². The van der Waals surface area contributed by atoms with Crippen molar-refractivity contribution in [3.05, 3.63) is 32.7 Å². The van der Waals surface area contributed by atoms with Gasteiger partial charge in [-0.2, -0.15) is 0 Å². The second kappa shape index (κ2) is 15.4. The van der Waals surface area contributed by atoms with E-state index in [0.717, 1.165) is 22.0 Å². The van der Waals surface area contributed by atoms with E-state index >= 15 is 0 Å². The Kier molecular flexibility index (Phi) is 12.6. The number of urea groups is 1. The van der Waals surface area contributed by atoms with E-state index in [1.54, 1.807) is 37.1 Å². The number of amides is 4. The smallest absolute Gasteiger partial charge is 0.408 e. The van der Waals surface area contributed by atoms with Crippen molar-refractivity contribution in [2.45, 2.75) is 65.4 Å². The second-order valence-electron chi connectivity index (χ2n) is 8.58. The summed E-state index contributed by atoms with van der Waals surface area (Å²) in [6.07, 6.45) is 2.89. The molecule has 4 amide bonds. The van der Waals surface area contributed by atoms with Crippen LogP contribution in [-0.4, -0.2) is 65.7 Å². The average Bonchev–Trinajstić information content (AvgIpc) is 3.54. The molecule has 0 unspecified atom stereocenters. The Labute approximate surface area is 220 Å². The van der Waals surface area contributed by atoms with Gasteiger partial charge in [0.1, 0.15) is 12.6 Å². The number of rotatable bonds is 14. The van der Waals surface area contributed by atoms with Gasteiger partial charge in [-0.15, -0.1) is 22.7 Å². The van der Waals surface area contributed by atoms with Crippen molar-refractivity contribution in [2.24, 2.45) is 5.92 Å². The third-order valence-corrected chi connectivity index (χ3v) is 7.11. The molecule has 0 saturated heterocycles. The number of thiazole rings is 2. The van der Waals surface area contributed by atoms with Gasteiger partial charge < -0.3 is 30.9 Å². The summed E-state index contributed by atoms with van der Waals surface area (Å²) in [5.41, 5.74) is 2.51. The molecule has 2 rings (SSSR count). The molecule has 0 aliphatic rings. The number of alkyl carbamates (subject to hydrolysis) is 1. The van der Waals surface area contributed by atoms with Gasteiger partial charge in [-0.1, -0.05) is 20.8 Å². The normalized spacial score (nSPS) is 12.6. The van der Waals surface area contributed by atoms with Gasteiger partial charge in [0.05, 0.1) is 33.8 Å². The van der Waals surface area contributed by atoms with Crippen LogP contribution in [0.15, 0.2) is 17.1 Å². The van der Waals surface area contributed by atoms with Gasteiger partial charge in [0.2, 0.25) is 5.91 Å². The van der Waals surface area contributed by atoms with E-state index in [2.05, 4.69) is 31.2 Å². The van der Waals surface area contributed by atoms with Gasteiger partial charge in [0.15, 0.2) is 0 Å². The minimum atomic E-state index is -0.665. The van der Waals surface area contributed by atoms with Crippen molar-refractivity contribution < 1.29 is 19.1 Å². The number of hydrogen-bond donors (Lipinski definition) is 4. The number of aromatic nitrogens is 2. The number of ether oxygens (including phenoxy) is 1. The van der Waals surface area contributed by atoms with Gasteiger partial charge in [0, 0.05) is 25.2 Å². The molecule has 36 heavy (non-hydrogen) atoms. The summed E-state index contributed by atoms with van der Waals surface area (Å²) in [4.78, 5) is 48.3. The summed E-state index contributed by atoms with van der Waals surface area (Å²) in [7, 11) is 3.42. The molecule has 13 heteroatoms. The molecule has 2 aromatic rings. The molecular formula is C23H37N7O4S2. The van der Waals surface area contributed by atoms with Crippen molar-refractivity contribution >= 4 is 40.7 Å². The number of hydrogen-bond acceptors (Lipinski definition) is 9. The molecular weight excluding hydrogens is 502 g/mol. The quantitative estimate of drug-likeness (QED) is 0.214. The molecule has 0 saturated carbocycles. The number of carbonyl (C=O) groups excluding carboxylic acids is 3. The van der Waals surface area contributed by atoms with Crippen LogP contribution in [0.4, 0.5) is 9.59 Å². The zero-order valence-electron chi connectivity index (χ0n) is 21.5. The molecule has 4 N–H and O–H groups in total. The lowest BCUT2D eigenvalue weighted by Crippen LogP contribution is -2.53. The highest BCUT2D eigenvalue weighted by molar-refractivity contribution is 7.09. The molecule has 2 heterocycles. The molecule has 0 aliphatic carbocycles. The van der Waals surface area contributed by atoms with E-state index in [0.29, 0.717) is 25.9 Å². The highest BCUT2D eigenvalue weighted by Gasteiger charge is 2.25. The lowest BCUT2D eigenvalue weighted by atomic mass is 10.0. The maximum absolute atomic E-state index is 12.8. The molecule has 0 aliphatic heterocycles. The standard InChI is InChI=1S/C23H37N7O4S2/c1-6-19-27-16(13-35-19)11-30(5)22(32)29-20(15(2)3)21(31)26-9-7-8-18(24-4)28-23(33)34-12-17-10-25-14-36-17/h10,13-15,18,20,24H,6-9,11-12H2,1-5H3,(H,26,31)(H,28,33)(H,29,32)/t18-,20+/m1/s1. The minimum Gasteiger partial charge on any atom is -0.444 e. The van der Waals surface area contributed by atoms with Crippen LogP contribution in [0.3, 0.4) is 0 Å². The van der Waals surface area contributed by atoms with Crippen molar-refractivity contribution in [3.63, 3.8) is 0 Å². The third kappa shape index (κ3) is 10.1. The fourth-order valence-corrected chi connectivity index (χ4v) is 4.47. The van der Waals surface area contributed by atoms with Crippen LogP contribution in [0.2, 0.25) is 0 Å². The minimum absolute atomic E-state index is 0.0895. The Bertz CT molecular complexity index is 952. The van der Waals surface area contributed by atoms with Crippen LogP contribution in [0.1, 0.15) is 49.2 Å². The highest BCUT2D eigenvalue weighted by Crippen LogP contribution is 2.12. The second-order valence-corrected chi connectivity index (χ2v) is 10.5. The van der Waals surface area contributed by atoms with E-state index in [1.807, 2.05) is 26.2 Å². The summed E-state index contributed by atoms with van der Waals surface area (Å²) >= 11 is 2.99. The van der Waals surface area contributed by atoms with Gasteiger partial charge in [-0.3, -0.25) is 9.78 Å². The lowest BCUT2D eigenvalue weighted by molar-refractivity contribution is -0.123. The Morgan fingerprint density at radius 2 is 1.97 bits per heavy atom. The number of nitrogens with zero attached hydrogens (tertiary/aromatic N) is 3. The van der Waals surface area contributed by atoms with Crippen LogP contribution in [0.25, 0.3) is 0 Å². The van der Waals surface area contributed by atoms with Crippen molar-refractivity contribution in [1.29, 1.82) is 0 Å². The van der Waals surface area contributed by atoms with Gasteiger partial charge >= 0.3 is 12.1 Å². The summed E-state index contributed by atoms with van der Waals surface area (Å²) < 4.78 is 5.18. The van der Waals surface area contributed by atoms with Gasteiger partial charge in [-0.25, -0.2) is 14.6 Å². The molecule has 2 aromatic heterocycles. The number of nitrogens with one attached hydrogen (secondary N) is 4. The van der Waals surface area contributed by atoms with Crippen LogP contribution in [0.5, 0.6) is 0 Å². The van der Waals surface area contributed by atoms with Crippen LogP contribution in [-0.2, 0) is 29.1 Å². The topological polar surface area (TPSA) is 138 Å². The maximum Gasteiger partial charge on any atom is 0.408 e. The van der Waals surface area contributed by atoms with E-state index in [-0.39, 0.29) is 30.6 Å². The Morgan fingerprint density at radius 3 is 2.58 bits per heavy atom. The predicted molar refractivity (Wildman–Crippen MR) is 141 cm³/mol. The van der Waals surface area contributed by atoms with Crippen molar-refractivity contribution in [2.75, 3.05) is 20.6 Å². The van der Waals surface area contributed by atoms with E-state index < -0.39 is 12.1 Å². The largest absolute Gasteiger partial charge is 0.444 e. The molecule has 0 aromatic carbocycles. The van der Waals surface area contributed by atoms with Gasteiger partial charge in [0.25, 0.3) is 0 Å². The summed E-state index contributed by atoms with van der Waals surface area (Å²) in [5.74, 6) is -0.333. The molecule has 200 valence electrons. The summed E-state index contributed by atoms with van der Waals surface area (Å²) in [6, 6.07) is -0.993. The van der Waals surface area contributed by atoms with Crippen LogP contribution in [0, 0.1) is 5.92 Å². The van der Waals surface area contributed by atoms with Crippen molar-refractivity contribution in [3.8, 4) is 0 Å². The van der Waals surface area contributed by atoms with Gasteiger partial charge in [-0.05, 0) is 32.2 Å². The first-order chi connectivity index (χ1) is 17.2. The van der Waals surface area contributed by atoms with E-state index in [1.165, 1.54) is 16.2 Å². The predicted octanol–water partition coefficient (Wildman–Crippen LogP) is 2.70. The highest BCUT2D eigenvalue weighted by atomic mass is 32.1. The molecule has 2 atom stereocenters. The Hall–Kier alpha value is -2.77. The number of carbonyl (C=O) groups is 3. The van der Waals surface area contributed by atoms with E-state index in [9.17, 15) is 14.4 Å². The maximum atomic E-state index is 12.8. The first-order valence-corrected chi connectivity index (χ1v) is 13.7.